The number of benzene rings is 2. The molecule has 300 valence electrons. The van der Waals surface area contributed by atoms with Gasteiger partial charge in [-0.15, -0.1) is 0 Å². The van der Waals surface area contributed by atoms with Gasteiger partial charge < -0.3 is 46.8 Å². The Bertz CT molecular complexity index is 1760. The summed E-state index contributed by atoms with van der Waals surface area (Å²) in [6.45, 7) is 5.01. The van der Waals surface area contributed by atoms with Crippen molar-refractivity contribution in [1.82, 2.24) is 31.9 Å². The van der Waals surface area contributed by atoms with Gasteiger partial charge in [0, 0.05) is 51.0 Å². The molecule has 1 fully saturated rings. The van der Waals surface area contributed by atoms with E-state index >= 15 is 0 Å². The predicted octanol–water partition coefficient (Wildman–Crippen LogP) is 1.09. The molecule has 15 nitrogen and oxygen atoms in total. The number of carbonyl (C=O) groups excluding carboxylic acids is 6. The molecular weight excluding hydrogens is 718 g/mol. The first-order chi connectivity index (χ1) is 27.2. The molecule has 1 aromatic heterocycles. The highest BCUT2D eigenvalue weighted by Gasteiger charge is 2.30. The Morgan fingerprint density at radius 1 is 0.821 bits per heavy atom. The van der Waals surface area contributed by atoms with E-state index in [1.807, 2.05) is 24.3 Å². The normalized spacial score (nSPS) is 16.0. The van der Waals surface area contributed by atoms with Gasteiger partial charge in [0.15, 0.2) is 0 Å². The van der Waals surface area contributed by atoms with Crippen molar-refractivity contribution in [3.63, 3.8) is 0 Å². The zero-order chi connectivity index (χ0) is 40.1. The quantitative estimate of drug-likeness (QED) is 0.0416. The predicted molar refractivity (Wildman–Crippen MR) is 208 cm³/mol. The number of hydrogen-bond acceptors (Lipinski definition) is 9. The zero-order valence-electron chi connectivity index (χ0n) is 31.6. The van der Waals surface area contributed by atoms with Crippen LogP contribution in [0, 0.1) is 5.92 Å². The largest absolute Gasteiger partial charge is 0.469 e. The van der Waals surface area contributed by atoms with Crippen LogP contribution < -0.4 is 37.6 Å². The summed E-state index contributed by atoms with van der Waals surface area (Å²) in [5, 5.41) is 17.0. The first-order valence-electron chi connectivity index (χ1n) is 18.9. The number of furan rings is 1. The van der Waals surface area contributed by atoms with Gasteiger partial charge in [0.25, 0.3) is 0 Å². The van der Waals surface area contributed by atoms with Crippen LogP contribution in [0.5, 0.6) is 0 Å². The van der Waals surface area contributed by atoms with E-state index in [0.29, 0.717) is 62.1 Å². The van der Waals surface area contributed by atoms with E-state index in [2.05, 4.69) is 38.5 Å². The Balaban J connectivity index is 1.40. The fourth-order valence-corrected chi connectivity index (χ4v) is 6.50. The molecule has 15 heteroatoms. The highest BCUT2D eigenvalue weighted by atomic mass is 16.5. The lowest BCUT2D eigenvalue weighted by molar-refractivity contribution is -0.132. The maximum Gasteiger partial charge on any atom is 0.243 e. The van der Waals surface area contributed by atoms with Crippen molar-refractivity contribution >= 4 is 35.9 Å². The summed E-state index contributed by atoms with van der Waals surface area (Å²) in [5.74, 6) is -1.49. The van der Waals surface area contributed by atoms with Gasteiger partial charge in [-0.1, -0.05) is 55.1 Å². The molecule has 0 unspecified atom stereocenters. The number of nitrogens with two attached hydrogens (primary N) is 1. The third kappa shape index (κ3) is 14.5. The summed E-state index contributed by atoms with van der Waals surface area (Å²) < 4.78 is 10.9. The molecule has 8 N–H and O–H groups in total. The van der Waals surface area contributed by atoms with Crippen LogP contribution in [-0.4, -0.2) is 80.4 Å². The number of nitrogens with one attached hydrogen (secondary N) is 6. The van der Waals surface area contributed by atoms with Gasteiger partial charge in [0.2, 0.25) is 35.9 Å². The van der Waals surface area contributed by atoms with Crippen LogP contribution in [0.25, 0.3) is 0 Å². The number of ether oxygens (including phenoxy) is 1. The molecule has 0 bridgehead atoms. The molecule has 1 aliphatic carbocycles. The molecule has 4 rings (SSSR count). The lowest BCUT2D eigenvalue weighted by atomic mass is 9.85. The summed E-state index contributed by atoms with van der Waals surface area (Å²) in [5.41, 5.74) is 8.40. The van der Waals surface area contributed by atoms with Crippen LogP contribution in [0.1, 0.15) is 53.7 Å². The Labute approximate surface area is 326 Å². The van der Waals surface area contributed by atoms with Crippen LogP contribution in [-0.2, 0) is 65.9 Å². The van der Waals surface area contributed by atoms with Crippen LogP contribution >= 0.6 is 0 Å². The molecule has 0 aliphatic heterocycles. The average molecular weight is 772 g/mol. The molecular formula is C41H53N7O8. The second kappa shape index (κ2) is 23.2. The second-order valence-corrected chi connectivity index (χ2v) is 13.6. The van der Waals surface area contributed by atoms with Gasteiger partial charge in [-0.2, -0.15) is 0 Å². The molecule has 1 aliphatic rings. The van der Waals surface area contributed by atoms with Crippen molar-refractivity contribution in [3.05, 3.63) is 108 Å². The number of hydrogen-bond donors (Lipinski definition) is 7. The van der Waals surface area contributed by atoms with Crippen LogP contribution in [0.4, 0.5) is 0 Å². The Morgan fingerprint density at radius 3 is 2.27 bits per heavy atom. The van der Waals surface area contributed by atoms with E-state index in [1.54, 1.807) is 36.4 Å². The lowest BCUT2D eigenvalue weighted by Gasteiger charge is -2.28. The van der Waals surface area contributed by atoms with Crippen LogP contribution in [0.3, 0.4) is 0 Å². The van der Waals surface area contributed by atoms with E-state index in [1.165, 1.54) is 12.3 Å². The SMILES string of the molecule is C=CC(=O)NCc1cccc(C[C@H](NC(=O)Cc2ccccc2CNC(=O)[C@H](Cc2ccco2)NC(=O)[C@H]2CC[C@@H](NC=O)CC2)C(=O)NCCOCCN)c1. The van der Waals surface area contributed by atoms with Crippen molar-refractivity contribution in [3.8, 4) is 0 Å². The topological polar surface area (TPSA) is 223 Å². The maximum absolute atomic E-state index is 13.6. The zero-order valence-corrected chi connectivity index (χ0v) is 31.6. The maximum atomic E-state index is 13.6. The Morgan fingerprint density at radius 2 is 1.55 bits per heavy atom. The fraction of sp³-hybridized carbons (Fsp3) is 0.415. The van der Waals surface area contributed by atoms with Crippen LogP contribution in [0.15, 0.2) is 84.0 Å². The van der Waals surface area contributed by atoms with Gasteiger partial charge in [0.05, 0.1) is 25.9 Å². The molecule has 2 atom stereocenters. The molecule has 56 heavy (non-hydrogen) atoms. The van der Waals surface area contributed by atoms with Crippen molar-refractivity contribution in [2.75, 3.05) is 26.3 Å². The highest BCUT2D eigenvalue weighted by Crippen LogP contribution is 2.24. The number of amides is 6. The number of carbonyl (C=O) groups is 6. The molecule has 6 amide bonds. The molecule has 1 saturated carbocycles. The molecule has 0 saturated heterocycles. The lowest BCUT2D eigenvalue weighted by Crippen LogP contribution is -2.50. The first-order valence-corrected chi connectivity index (χ1v) is 18.9. The summed E-state index contributed by atoms with van der Waals surface area (Å²) in [4.78, 5) is 76.3. The second-order valence-electron chi connectivity index (χ2n) is 13.6. The highest BCUT2D eigenvalue weighted by molar-refractivity contribution is 5.90. The van der Waals surface area contributed by atoms with Crippen LogP contribution in [0.2, 0.25) is 0 Å². The summed E-state index contributed by atoms with van der Waals surface area (Å²) in [6, 6.07) is 16.2. The average Bonchev–Trinajstić information content (AvgIpc) is 3.72. The molecule has 0 spiro atoms. The summed E-state index contributed by atoms with van der Waals surface area (Å²) >= 11 is 0. The van der Waals surface area contributed by atoms with Gasteiger partial charge in [-0.25, -0.2) is 0 Å². The monoisotopic (exact) mass is 771 g/mol. The van der Waals surface area contributed by atoms with Crippen molar-refractivity contribution in [1.29, 1.82) is 0 Å². The summed E-state index contributed by atoms with van der Waals surface area (Å²) in [7, 11) is 0. The van der Waals surface area contributed by atoms with Crippen molar-refractivity contribution < 1.29 is 37.9 Å². The fourth-order valence-electron chi connectivity index (χ4n) is 6.50. The third-order valence-corrected chi connectivity index (χ3v) is 9.49. The minimum atomic E-state index is -0.927. The number of rotatable bonds is 23. The van der Waals surface area contributed by atoms with E-state index in [9.17, 15) is 28.8 Å². The first kappa shape index (κ1) is 42.9. The third-order valence-electron chi connectivity index (χ3n) is 9.49. The molecule has 0 radical (unpaired) electrons. The molecule has 3 aromatic rings. The smallest absolute Gasteiger partial charge is 0.243 e. The van der Waals surface area contributed by atoms with Gasteiger partial charge in [-0.05, 0) is 66.1 Å². The minimum Gasteiger partial charge on any atom is -0.469 e. The van der Waals surface area contributed by atoms with Crippen molar-refractivity contribution in [2.45, 2.75) is 76.2 Å². The van der Waals surface area contributed by atoms with E-state index in [-0.39, 0.29) is 69.3 Å². The Hall–Kier alpha value is -5.80. The summed E-state index contributed by atoms with van der Waals surface area (Å²) in [6.07, 6.45) is 6.16. The molecule has 2 aromatic carbocycles. The molecule has 1 heterocycles. The standard InChI is InChI=1S/C41H53N7O8/c1-2-37(50)44-25-29-8-5-7-28(21-29)22-35(40(53)43-17-20-55-19-16-42)47-38(51)23-31-9-3-4-10-32(31)26-45-41(54)36(24-34-11-6-18-56-34)48-39(52)30-12-14-33(15-13-30)46-27-49/h2-11,18,21,27,30,33,35-36H,1,12-17,19-20,22-26,42H2,(H,43,53)(H,44,50)(H,45,54)(H,46,49)(H,47,51)(H,48,52)/t30-,33+,35-,36-/m0/s1. The minimum absolute atomic E-state index is 0.0388. The van der Waals surface area contributed by atoms with Gasteiger partial charge in [-0.3, -0.25) is 28.8 Å². The van der Waals surface area contributed by atoms with E-state index in [4.69, 9.17) is 14.9 Å². The van der Waals surface area contributed by atoms with Gasteiger partial charge >= 0.3 is 0 Å². The van der Waals surface area contributed by atoms with E-state index in [0.717, 1.165) is 11.1 Å². The van der Waals surface area contributed by atoms with E-state index < -0.39 is 29.8 Å². The van der Waals surface area contributed by atoms with Crippen molar-refractivity contribution in [2.24, 2.45) is 11.7 Å². The van der Waals surface area contributed by atoms with Gasteiger partial charge in [0.1, 0.15) is 17.8 Å². The Kier molecular flexibility index (Phi) is 17.8.